The summed E-state index contributed by atoms with van der Waals surface area (Å²) in [6.45, 7) is 2.37. The second-order valence-corrected chi connectivity index (χ2v) is 8.32. The normalized spacial score (nSPS) is 14.5. The predicted molar refractivity (Wildman–Crippen MR) is 122 cm³/mol. The van der Waals surface area contributed by atoms with Crippen LogP contribution >= 0.6 is 0 Å². The maximum absolute atomic E-state index is 13.8. The van der Waals surface area contributed by atoms with Gasteiger partial charge in [0.1, 0.15) is 5.82 Å². The van der Waals surface area contributed by atoms with Crippen molar-refractivity contribution in [3.63, 3.8) is 0 Å². The first-order valence-corrected chi connectivity index (χ1v) is 11.1. The molecule has 1 aliphatic heterocycles. The first kappa shape index (κ1) is 22.8. The number of fused-ring (bicyclic) bond motifs is 1. The fraction of sp³-hybridized carbons (Fsp3) is 0.240. The van der Waals surface area contributed by atoms with Crippen molar-refractivity contribution in [1.29, 1.82) is 0 Å². The minimum Gasteiger partial charge on any atom is -0.368 e. The highest BCUT2D eigenvalue weighted by Gasteiger charge is 2.35. The zero-order valence-electron chi connectivity index (χ0n) is 18.5. The van der Waals surface area contributed by atoms with Gasteiger partial charge in [-0.25, -0.2) is 13.9 Å². The van der Waals surface area contributed by atoms with E-state index in [-0.39, 0.29) is 29.4 Å². The number of halogens is 4. The van der Waals surface area contributed by atoms with Gasteiger partial charge >= 0.3 is 6.18 Å². The van der Waals surface area contributed by atoms with Crippen LogP contribution in [0.25, 0.3) is 16.9 Å². The van der Waals surface area contributed by atoms with E-state index in [0.717, 1.165) is 23.9 Å². The lowest BCUT2D eigenvalue weighted by Crippen LogP contribution is -2.49. The molecule has 1 amide bonds. The van der Waals surface area contributed by atoms with Gasteiger partial charge in [-0.1, -0.05) is 18.2 Å². The van der Waals surface area contributed by atoms with Crippen LogP contribution in [0, 0.1) is 5.82 Å². The van der Waals surface area contributed by atoms with Crippen molar-refractivity contribution in [3.05, 3.63) is 83.9 Å². The van der Waals surface area contributed by atoms with Crippen LogP contribution in [0.2, 0.25) is 0 Å². The Bertz CT molecular complexity index is 1340. The summed E-state index contributed by atoms with van der Waals surface area (Å²) >= 11 is 0. The van der Waals surface area contributed by atoms with Gasteiger partial charge in [-0.05, 0) is 42.5 Å². The highest BCUT2D eigenvalue weighted by atomic mass is 19.4. The third kappa shape index (κ3) is 4.82. The Labute approximate surface area is 198 Å². The lowest BCUT2D eigenvalue weighted by atomic mass is 10.1. The van der Waals surface area contributed by atoms with Crippen LogP contribution < -0.4 is 4.90 Å². The van der Waals surface area contributed by atoms with E-state index in [1.165, 1.54) is 18.2 Å². The molecule has 0 aliphatic carbocycles. The molecule has 1 aliphatic rings. The number of hydrogen-bond acceptors (Lipinski definition) is 4. The zero-order chi connectivity index (χ0) is 24.6. The molecular weight excluding hydrogens is 462 g/mol. The van der Waals surface area contributed by atoms with Crippen molar-refractivity contribution < 1.29 is 22.4 Å². The first-order valence-electron chi connectivity index (χ1n) is 11.1. The molecule has 2 aromatic heterocycles. The molecule has 0 unspecified atom stereocenters. The van der Waals surface area contributed by atoms with Gasteiger partial charge in [0, 0.05) is 43.5 Å². The molecule has 0 bridgehead atoms. The Kier molecular flexibility index (Phi) is 5.88. The van der Waals surface area contributed by atoms with Crippen LogP contribution in [0.4, 0.5) is 23.2 Å². The van der Waals surface area contributed by atoms with Gasteiger partial charge < -0.3 is 9.80 Å². The van der Waals surface area contributed by atoms with Crippen LogP contribution in [0.15, 0.2) is 66.7 Å². The molecule has 5 rings (SSSR count). The molecular formula is C25H21F4N5O. The molecule has 0 atom stereocenters. The van der Waals surface area contributed by atoms with Gasteiger partial charge in [0.2, 0.25) is 5.91 Å². The lowest BCUT2D eigenvalue weighted by molar-refractivity contribution is -0.142. The fourth-order valence-electron chi connectivity index (χ4n) is 4.20. The van der Waals surface area contributed by atoms with E-state index >= 15 is 0 Å². The number of hydrogen-bond donors (Lipinski definition) is 0. The van der Waals surface area contributed by atoms with E-state index < -0.39 is 17.7 Å². The summed E-state index contributed by atoms with van der Waals surface area (Å²) in [5.74, 6) is -0.700. The Morgan fingerprint density at radius 1 is 0.914 bits per heavy atom. The molecule has 1 fully saturated rings. The number of piperazine rings is 1. The van der Waals surface area contributed by atoms with E-state index in [0.29, 0.717) is 36.3 Å². The van der Waals surface area contributed by atoms with Gasteiger partial charge in [-0.2, -0.15) is 18.3 Å². The maximum Gasteiger partial charge on any atom is 0.433 e. The Morgan fingerprint density at radius 3 is 2.26 bits per heavy atom. The number of benzene rings is 2. The van der Waals surface area contributed by atoms with Crippen LogP contribution in [-0.4, -0.2) is 51.6 Å². The molecule has 0 saturated carbocycles. The molecule has 35 heavy (non-hydrogen) atoms. The molecule has 0 N–H and O–H groups in total. The number of carbonyl (C=O) groups is 1. The molecule has 180 valence electrons. The fourth-order valence-corrected chi connectivity index (χ4v) is 4.20. The predicted octanol–water partition coefficient (Wildman–Crippen LogP) is 4.45. The van der Waals surface area contributed by atoms with Crippen molar-refractivity contribution in [3.8, 4) is 11.3 Å². The third-order valence-corrected chi connectivity index (χ3v) is 5.99. The quantitative estimate of drug-likeness (QED) is 0.403. The van der Waals surface area contributed by atoms with Crippen molar-refractivity contribution in [1.82, 2.24) is 19.5 Å². The van der Waals surface area contributed by atoms with Crippen LogP contribution in [0.3, 0.4) is 0 Å². The summed E-state index contributed by atoms with van der Waals surface area (Å²) < 4.78 is 55.3. The van der Waals surface area contributed by atoms with Gasteiger partial charge in [0.25, 0.3) is 0 Å². The van der Waals surface area contributed by atoms with E-state index in [9.17, 15) is 22.4 Å². The molecule has 2 aromatic carbocycles. The third-order valence-electron chi connectivity index (χ3n) is 5.99. The van der Waals surface area contributed by atoms with E-state index in [1.54, 1.807) is 4.90 Å². The second-order valence-electron chi connectivity index (χ2n) is 8.32. The Balaban J connectivity index is 1.36. The number of amides is 1. The molecule has 1 saturated heterocycles. The van der Waals surface area contributed by atoms with Gasteiger partial charge in [0.05, 0.1) is 17.8 Å². The van der Waals surface area contributed by atoms with E-state index in [1.807, 2.05) is 30.3 Å². The van der Waals surface area contributed by atoms with Crippen molar-refractivity contribution in [2.75, 3.05) is 31.1 Å². The summed E-state index contributed by atoms with van der Waals surface area (Å²) in [4.78, 5) is 21.0. The van der Waals surface area contributed by atoms with Gasteiger partial charge in [-0.3, -0.25) is 4.79 Å². The van der Waals surface area contributed by atoms with Gasteiger partial charge in [0.15, 0.2) is 11.3 Å². The smallest absolute Gasteiger partial charge is 0.368 e. The molecule has 3 heterocycles. The number of nitrogens with zero attached hydrogens (tertiary/aromatic N) is 5. The lowest BCUT2D eigenvalue weighted by Gasteiger charge is -2.36. The second kappa shape index (κ2) is 9.01. The summed E-state index contributed by atoms with van der Waals surface area (Å²) in [6.07, 6.45) is -4.82. The summed E-state index contributed by atoms with van der Waals surface area (Å²) in [5, 5.41) is 4.04. The monoisotopic (exact) mass is 483 g/mol. The average Bonchev–Trinajstić information content (AvgIpc) is 3.26. The van der Waals surface area contributed by atoms with E-state index in [2.05, 4.69) is 15.0 Å². The number of para-hydroxylation sites is 1. The van der Waals surface area contributed by atoms with Crippen LogP contribution in [0.1, 0.15) is 11.4 Å². The number of aromatic nitrogens is 3. The molecule has 0 radical (unpaired) electrons. The maximum atomic E-state index is 13.8. The number of alkyl halides is 3. The molecule has 6 nitrogen and oxygen atoms in total. The SMILES string of the molecule is O=C(Cc1cc2nc(-c3ccc(F)cc3)cc(C(F)(F)F)n2n1)N1CCN(c2ccccc2)CC1. The van der Waals surface area contributed by atoms with Gasteiger partial charge in [-0.15, -0.1) is 0 Å². The number of anilines is 1. The molecule has 10 heteroatoms. The summed E-state index contributed by atoms with van der Waals surface area (Å²) in [6, 6.07) is 17.2. The summed E-state index contributed by atoms with van der Waals surface area (Å²) in [5.41, 5.74) is 0.624. The van der Waals surface area contributed by atoms with Crippen molar-refractivity contribution in [2.24, 2.45) is 0 Å². The van der Waals surface area contributed by atoms with Crippen LogP contribution in [-0.2, 0) is 17.4 Å². The average molecular weight is 483 g/mol. The Hall–Kier alpha value is -3.95. The highest BCUT2D eigenvalue weighted by Crippen LogP contribution is 2.32. The Morgan fingerprint density at radius 2 is 1.60 bits per heavy atom. The minimum atomic E-state index is -4.70. The van der Waals surface area contributed by atoms with Crippen LogP contribution in [0.5, 0.6) is 0 Å². The van der Waals surface area contributed by atoms with Crippen molar-refractivity contribution >= 4 is 17.2 Å². The highest BCUT2D eigenvalue weighted by molar-refractivity contribution is 5.79. The standard InChI is InChI=1S/C25H21F4N5O/c26-18-8-6-17(7-9-18)21-16-22(25(27,28)29)34-23(30-21)14-19(31-34)15-24(35)33-12-10-32(11-13-33)20-4-2-1-3-5-20/h1-9,14,16H,10-13,15H2. The minimum absolute atomic E-state index is 0.0316. The molecule has 4 aromatic rings. The number of carbonyl (C=O) groups excluding carboxylic acids is 1. The van der Waals surface area contributed by atoms with Crippen molar-refractivity contribution in [2.45, 2.75) is 12.6 Å². The summed E-state index contributed by atoms with van der Waals surface area (Å²) in [7, 11) is 0. The topological polar surface area (TPSA) is 53.7 Å². The zero-order valence-corrected chi connectivity index (χ0v) is 18.5. The van der Waals surface area contributed by atoms with E-state index in [4.69, 9.17) is 0 Å². The largest absolute Gasteiger partial charge is 0.433 e. The first-order chi connectivity index (χ1) is 16.8. The number of rotatable bonds is 4. The molecule has 0 spiro atoms.